The molecule has 0 radical (unpaired) electrons. The van der Waals surface area contributed by atoms with Crippen LogP contribution in [0.15, 0.2) is 12.7 Å². The van der Waals surface area contributed by atoms with Crippen LogP contribution in [0, 0.1) is 11.3 Å². The zero-order valence-corrected chi connectivity index (χ0v) is 14.9. The van der Waals surface area contributed by atoms with E-state index in [9.17, 15) is 14.7 Å². The molecule has 2 N–H and O–H groups in total. The van der Waals surface area contributed by atoms with E-state index in [0.717, 1.165) is 37.1 Å². The third kappa shape index (κ3) is 4.41. The molecule has 24 heavy (non-hydrogen) atoms. The number of aliphatic carboxylic acids is 1. The second kappa shape index (κ2) is 8.37. The Morgan fingerprint density at radius 2 is 2.12 bits per heavy atom. The third-order valence-corrected chi connectivity index (χ3v) is 5.72. The molecule has 0 saturated heterocycles. The van der Waals surface area contributed by atoms with E-state index in [4.69, 9.17) is 0 Å². The minimum atomic E-state index is -0.833. The predicted molar refractivity (Wildman–Crippen MR) is 94.0 cm³/mol. The number of amides is 1. The molecule has 1 aromatic rings. The van der Waals surface area contributed by atoms with Crippen molar-refractivity contribution in [3.63, 3.8) is 0 Å². The second-order valence-corrected chi connectivity index (χ2v) is 7.46. The lowest BCUT2D eigenvalue weighted by Gasteiger charge is -2.30. The quantitative estimate of drug-likeness (QED) is 0.662. The van der Waals surface area contributed by atoms with E-state index in [2.05, 4.69) is 22.1 Å². The van der Waals surface area contributed by atoms with Crippen LogP contribution in [0.4, 0.5) is 5.13 Å². The molecule has 0 aliphatic heterocycles. The van der Waals surface area contributed by atoms with Crippen LogP contribution in [-0.4, -0.2) is 27.2 Å². The molecular formula is C17H25N3O3S. The molecule has 6 nitrogen and oxygen atoms in total. The molecule has 132 valence electrons. The number of carbonyl (C=O) groups is 2. The van der Waals surface area contributed by atoms with Crippen molar-refractivity contribution >= 4 is 28.3 Å². The Morgan fingerprint density at radius 3 is 2.67 bits per heavy atom. The number of anilines is 1. The number of carbonyl (C=O) groups excluding carboxylic acids is 1. The van der Waals surface area contributed by atoms with Crippen LogP contribution in [-0.2, 0) is 16.0 Å². The number of nitrogens with one attached hydrogen (secondary N) is 1. The Labute approximate surface area is 146 Å². The van der Waals surface area contributed by atoms with Gasteiger partial charge in [-0.2, -0.15) is 0 Å². The molecule has 1 fully saturated rings. The first kappa shape index (κ1) is 18.6. The molecule has 1 aromatic heterocycles. The van der Waals surface area contributed by atoms with Gasteiger partial charge in [-0.05, 0) is 38.5 Å². The van der Waals surface area contributed by atoms with Gasteiger partial charge in [-0.15, -0.1) is 16.8 Å². The Balaban J connectivity index is 2.11. The highest BCUT2D eigenvalue weighted by Gasteiger charge is 2.44. The first-order chi connectivity index (χ1) is 11.5. The van der Waals surface area contributed by atoms with E-state index in [0.29, 0.717) is 24.4 Å². The molecule has 1 heterocycles. The largest absolute Gasteiger partial charge is 0.481 e. The van der Waals surface area contributed by atoms with E-state index in [1.165, 1.54) is 11.3 Å². The lowest BCUT2D eigenvalue weighted by molar-refractivity contribution is -0.144. The normalized spacial score (nSPS) is 17.4. The predicted octanol–water partition coefficient (Wildman–Crippen LogP) is 3.66. The van der Waals surface area contributed by atoms with Crippen LogP contribution in [0.1, 0.15) is 56.9 Å². The first-order valence-corrected chi connectivity index (χ1v) is 9.30. The van der Waals surface area contributed by atoms with Crippen LogP contribution >= 0.6 is 11.3 Å². The van der Waals surface area contributed by atoms with Crippen molar-refractivity contribution in [2.45, 2.75) is 58.3 Å². The third-order valence-electron chi connectivity index (χ3n) is 4.74. The maximum Gasteiger partial charge on any atom is 0.306 e. The van der Waals surface area contributed by atoms with Crippen molar-refractivity contribution in [1.82, 2.24) is 10.2 Å². The monoisotopic (exact) mass is 351 g/mol. The highest BCUT2D eigenvalue weighted by atomic mass is 32.1. The van der Waals surface area contributed by atoms with Crippen molar-refractivity contribution in [3.8, 4) is 0 Å². The van der Waals surface area contributed by atoms with Crippen molar-refractivity contribution in [3.05, 3.63) is 17.7 Å². The second-order valence-electron chi connectivity index (χ2n) is 6.40. The van der Waals surface area contributed by atoms with E-state index < -0.39 is 17.3 Å². The minimum Gasteiger partial charge on any atom is -0.481 e. The highest BCUT2D eigenvalue weighted by Crippen LogP contribution is 2.45. The molecule has 1 saturated carbocycles. The van der Waals surface area contributed by atoms with E-state index >= 15 is 0 Å². The van der Waals surface area contributed by atoms with Crippen molar-refractivity contribution in [2.75, 3.05) is 5.32 Å². The molecule has 1 aliphatic carbocycles. The summed E-state index contributed by atoms with van der Waals surface area (Å²) in [4.78, 5) is 24.5. The molecule has 0 bridgehead atoms. The molecule has 1 aliphatic rings. The van der Waals surface area contributed by atoms with Crippen molar-refractivity contribution < 1.29 is 14.7 Å². The molecular weight excluding hydrogens is 326 g/mol. The van der Waals surface area contributed by atoms with Crippen LogP contribution in [0.2, 0.25) is 0 Å². The summed E-state index contributed by atoms with van der Waals surface area (Å²) in [7, 11) is 0. The van der Waals surface area contributed by atoms with Gasteiger partial charge in [0, 0.05) is 0 Å². The maximum atomic E-state index is 12.9. The number of carboxylic acid groups (broad SMARTS) is 1. The van der Waals surface area contributed by atoms with Gasteiger partial charge in [0.25, 0.3) is 0 Å². The number of nitrogens with zero attached hydrogens (tertiary/aromatic N) is 2. The fourth-order valence-electron chi connectivity index (χ4n) is 3.36. The van der Waals surface area contributed by atoms with E-state index in [1.54, 1.807) is 6.08 Å². The van der Waals surface area contributed by atoms with Gasteiger partial charge in [-0.25, -0.2) is 0 Å². The summed E-state index contributed by atoms with van der Waals surface area (Å²) in [6.07, 6.45) is 7.42. The van der Waals surface area contributed by atoms with Crippen LogP contribution < -0.4 is 5.32 Å². The number of rotatable bonds is 9. The Kier molecular flexibility index (Phi) is 6.48. The van der Waals surface area contributed by atoms with Gasteiger partial charge in [0.05, 0.1) is 11.3 Å². The zero-order chi connectivity index (χ0) is 17.6. The van der Waals surface area contributed by atoms with Crippen molar-refractivity contribution in [1.29, 1.82) is 0 Å². The Hall–Kier alpha value is -1.76. The minimum absolute atomic E-state index is 0.108. The number of aryl methyl sites for hydroxylation is 1. The van der Waals surface area contributed by atoms with Gasteiger partial charge >= 0.3 is 5.97 Å². The summed E-state index contributed by atoms with van der Waals surface area (Å²) in [5, 5.41) is 21.8. The Bertz CT molecular complexity index is 594. The van der Waals surface area contributed by atoms with Crippen LogP contribution in [0.5, 0.6) is 0 Å². The summed E-state index contributed by atoms with van der Waals surface area (Å²) < 4.78 is 0. The number of hydrogen-bond acceptors (Lipinski definition) is 5. The number of aromatic nitrogens is 2. The topological polar surface area (TPSA) is 92.2 Å². The molecule has 0 aromatic carbocycles. The molecule has 1 atom stereocenters. The highest BCUT2D eigenvalue weighted by molar-refractivity contribution is 7.15. The average Bonchev–Trinajstić information content (AvgIpc) is 3.21. The smallest absolute Gasteiger partial charge is 0.306 e. The van der Waals surface area contributed by atoms with Crippen LogP contribution in [0.25, 0.3) is 0 Å². The van der Waals surface area contributed by atoms with Gasteiger partial charge < -0.3 is 10.4 Å². The van der Waals surface area contributed by atoms with Crippen LogP contribution in [0.3, 0.4) is 0 Å². The summed E-state index contributed by atoms with van der Waals surface area (Å²) in [6, 6.07) is 0. The summed E-state index contributed by atoms with van der Waals surface area (Å²) in [6.45, 7) is 5.64. The zero-order valence-electron chi connectivity index (χ0n) is 14.1. The van der Waals surface area contributed by atoms with Gasteiger partial charge in [0.15, 0.2) is 0 Å². The van der Waals surface area contributed by atoms with Gasteiger partial charge in [-0.3, -0.25) is 9.59 Å². The summed E-state index contributed by atoms with van der Waals surface area (Å²) >= 11 is 1.37. The van der Waals surface area contributed by atoms with E-state index in [-0.39, 0.29) is 5.91 Å². The molecule has 2 rings (SSSR count). The number of hydrogen-bond donors (Lipinski definition) is 2. The SMILES string of the molecule is C=CCCC(CC1(C(=O)Nc2nnc(CC)s2)CCCC1)C(=O)O. The number of carboxylic acids is 1. The summed E-state index contributed by atoms with van der Waals surface area (Å²) in [5.74, 6) is -1.46. The lowest BCUT2D eigenvalue weighted by atomic mass is 9.75. The van der Waals surface area contributed by atoms with Crippen molar-refractivity contribution in [2.24, 2.45) is 11.3 Å². The fourth-order valence-corrected chi connectivity index (χ4v) is 4.03. The van der Waals surface area contributed by atoms with E-state index in [1.807, 2.05) is 6.92 Å². The van der Waals surface area contributed by atoms with Gasteiger partial charge in [0.2, 0.25) is 11.0 Å². The number of allylic oxidation sites excluding steroid dienone is 1. The average molecular weight is 351 g/mol. The fraction of sp³-hybridized carbons (Fsp3) is 0.647. The molecule has 7 heteroatoms. The lowest BCUT2D eigenvalue weighted by Crippen LogP contribution is -2.37. The van der Waals surface area contributed by atoms with Gasteiger partial charge in [-0.1, -0.05) is 37.2 Å². The summed E-state index contributed by atoms with van der Waals surface area (Å²) in [5.41, 5.74) is -0.609. The maximum absolute atomic E-state index is 12.9. The first-order valence-electron chi connectivity index (χ1n) is 8.48. The van der Waals surface area contributed by atoms with Gasteiger partial charge in [0.1, 0.15) is 5.01 Å². The standard InChI is InChI=1S/C17H25N3O3S/c1-3-5-8-12(14(21)22)11-17(9-6-7-10-17)15(23)18-16-20-19-13(4-2)24-16/h3,12H,1,4-11H2,2H3,(H,21,22)(H,18,20,23). The molecule has 0 spiro atoms. The molecule has 1 unspecified atom stereocenters. The molecule has 1 amide bonds. The Morgan fingerprint density at radius 1 is 1.42 bits per heavy atom.